The molecule has 2 N–H and O–H groups in total. The second-order valence-electron chi connectivity index (χ2n) is 2.50. The molecular formula is C8H5NO3S. The van der Waals surface area contributed by atoms with Crippen LogP contribution in [0, 0.1) is 0 Å². The summed E-state index contributed by atoms with van der Waals surface area (Å²) in [6.07, 6.45) is 1.22. The number of rotatable bonds is 1. The summed E-state index contributed by atoms with van der Waals surface area (Å²) in [5, 5.41) is 11.0. The Morgan fingerprint density at radius 2 is 2.31 bits per heavy atom. The molecule has 2 aromatic heterocycles. The molecule has 0 bridgehead atoms. The molecule has 0 saturated heterocycles. The summed E-state index contributed by atoms with van der Waals surface area (Å²) in [5.74, 6) is -1.03. The van der Waals surface area contributed by atoms with E-state index in [1.54, 1.807) is 11.4 Å². The number of hydrogen-bond acceptors (Lipinski definition) is 3. The molecule has 0 saturated carbocycles. The molecule has 0 fully saturated rings. The number of hydrogen-bond donors (Lipinski definition) is 2. The lowest BCUT2D eigenvalue weighted by Crippen LogP contribution is -2.07. The van der Waals surface area contributed by atoms with Crippen LogP contribution in [0.4, 0.5) is 0 Å². The Kier molecular flexibility index (Phi) is 1.66. The van der Waals surface area contributed by atoms with Gasteiger partial charge in [-0.3, -0.25) is 4.79 Å². The molecule has 13 heavy (non-hydrogen) atoms. The highest BCUT2D eigenvalue weighted by Gasteiger charge is 2.10. The van der Waals surface area contributed by atoms with Crippen molar-refractivity contribution in [2.24, 2.45) is 0 Å². The van der Waals surface area contributed by atoms with Crippen molar-refractivity contribution in [1.29, 1.82) is 0 Å². The van der Waals surface area contributed by atoms with Crippen molar-refractivity contribution in [1.82, 2.24) is 4.98 Å². The average Bonchev–Trinajstić information content (AvgIpc) is 2.53. The summed E-state index contributed by atoms with van der Waals surface area (Å²) < 4.78 is 0.458. The van der Waals surface area contributed by atoms with Gasteiger partial charge in [0.15, 0.2) is 0 Å². The maximum Gasteiger partial charge on any atom is 0.337 e. The minimum Gasteiger partial charge on any atom is -0.478 e. The number of carboxylic acid groups (broad SMARTS) is 1. The lowest BCUT2D eigenvalue weighted by Gasteiger charge is -1.94. The molecule has 0 aromatic carbocycles. The van der Waals surface area contributed by atoms with Crippen LogP contribution < -0.4 is 5.56 Å². The van der Waals surface area contributed by atoms with Crippen molar-refractivity contribution in [2.45, 2.75) is 0 Å². The zero-order valence-electron chi connectivity index (χ0n) is 6.40. The van der Waals surface area contributed by atoms with E-state index in [0.29, 0.717) is 10.1 Å². The van der Waals surface area contributed by atoms with Crippen molar-refractivity contribution in [3.8, 4) is 0 Å². The zero-order chi connectivity index (χ0) is 9.42. The molecule has 0 spiro atoms. The third-order valence-corrected chi connectivity index (χ3v) is 2.65. The molecular weight excluding hydrogens is 190 g/mol. The second-order valence-corrected chi connectivity index (χ2v) is 3.42. The number of pyridine rings is 1. The third kappa shape index (κ3) is 1.13. The fourth-order valence-corrected chi connectivity index (χ4v) is 1.97. The summed E-state index contributed by atoms with van der Waals surface area (Å²) in [6.45, 7) is 0. The molecule has 0 unspecified atom stereocenters. The zero-order valence-corrected chi connectivity index (χ0v) is 7.22. The van der Waals surface area contributed by atoms with E-state index in [1.807, 2.05) is 0 Å². The van der Waals surface area contributed by atoms with Gasteiger partial charge in [-0.2, -0.15) is 0 Å². The Morgan fingerprint density at radius 1 is 1.54 bits per heavy atom. The van der Waals surface area contributed by atoms with E-state index in [2.05, 4.69) is 4.98 Å². The number of H-pyrrole nitrogens is 1. The Morgan fingerprint density at radius 3 is 3.00 bits per heavy atom. The largest absolute Gasteiger partial charge is 0.478 e. The van der Waals surface area contributed by atoms with Crippen LogP contribution in [0.2, 0.25) is 0 Å². The van der Waals surface area contributed by atoms with E-state index in [1.165, 1.54) is 17.5 Å². The summed E-state index contributed by atoms with van der Waals surface area (Å²) in [4.78, 5) is 24.3. The average molecular weight is 195 g/mol. The van der Waals surface area contributed by atoms with Crippen LogP contribution in [0.25, 0.3) is 10.1 Å². The first kappa shape index (κ1) is 8.00. The van der Waals surface area contributed by atoms with Gasteiger partial charge >= 0.3 is 5.97 Å². The molecule has 2 rings (SSSR count). The molecule has 2 heterocycles. The van der Waals surface area contributed by atoms with Gasteiger partial charge in [-0.05, 0) is 11.4 Å². The maximum absolute atomic E-state index is 11.2. The molecule has 66 valence electrons. The molecule has 0 atom stereocenters. The highest BCUT2D eigenvalue weighted by molar-refractivity contribution is 7.17. The molecule has 0 aliphatic heterocycles. The number of carboxylic acids is 1. The molecule has 4 nitrogen and oxygen atoms in total. The fraction of sp³-hybridized carbons (Fsp3) is 0. The minimum atomic E-state index is -1.03. The molecule has 2 aromatic rings. The van der Waals surface area contributed by atoms with Crippen molar-refractivity contribution < 1.29 is 9.90 Å². The van der Waals surface area contributed by atoms with Gasteiger partial charge in [0.2, 0.25) is 0 Å². The van der Waals surface area contributed by atoms with Gasteiger partial charge in [0.05, 0.1) is 5.56 Å². The minimum absolute atomic E-state index is 0.135. The second kappa shape index (κ2) is 2.70. The lowest BCUT2D eigenvalue weighted by molar-refractivity contribution is 0.0698. The number of aromatic amines is 1. The van der Waals surface area contributed by atoms with Crippen molar-refractivity contribution in [3.63, 3.8) is 0 Å². The van der Waals surface area contributed by atoms with Crippen LogP contribution in [0.5, 0.6) is 0 Å². The number of nitrogens with one attached hydrogen (secondary N) is 1. The Hall–Kier alpha value is -1.62. The first-order chi connectivity index (χ1) is 6.20. The summed E-state index contributed by atoms with van der Waals surface area (Å²) in [7, 11) is 0. The highest BCUT2D eigenvalue weighted by atomic mass is 32.1. The number of aromatic carboxylic acids is 1. The summed E-state index contributed by atoms with van der Waals surface area (Å²) >= 11 is 1.24. The third-order valence-electron chi connectivity index (χ3n) is 1.74. The number of fused-ring (bicyclic) bond motifs is 1. The Bertz CT molecular complexity index is 525. The van der Waals surface area contributed by atoms with Crippen LogP contribution in [-0.2, 0) is 0 Å². The van der Waals surface area contributed by atoms with E-state index in [-0.39, 0.29) is 11.1 Å². The first-order valence-corrected chi connectivity index (χ1v) is 4.40. The van der Waals surface area contributed by atoms with Gasteiger partial charge in [-0.1, -0.05) is 0 Å². The van der Waals surface area contributed by atoms with Crippen LogP contribution >= 0.6 is 11.3 Å². The van der Waals surface area contributed by atoms with Gasteiger partial charge in [-0.25, -0.2) is 4.79 Å². The predicted molar refractivity (Wildman–Crippen MR) is 49.4 cm³/mol. The first-order valence-electron chi connectivity index (χ1n) is 3.52. The Balaban J connectivity index is 2.94. The number of aromatic nitrogens is 1. The smallest absolute Gasteiger partial charge is 0.337 e. The van der Waals surface area contributed by atoms with Crippen molar-refractivity contribution >= 4 is 27.4 Å². The molecule has 5 heteroatoms. The van der Waals surface area contributed by atoms with E-state index >= 15 is 0 Å². The van der Waals surface area contributed by atoms with Crippen LogP contribution in [0.3, 0.4) is 0 Å². The monoisotopic (exact) mass is 195 g/mol. The van der Waals surface area contributed by atoms with Crippen LogP contribution in [-0.4, -0.2) is 16.1 Å². The highest BCUT2D eigenvalue weighted by Crippen LogP contribution is 2.19. The topological polar surface area (TPSA) is 70.2 Å². The van der Waals surface area contributed by atoms with Gasteiger partial charge in [-0.15, -0.1) is 11.3 Å². The van der Waals surface area contributed by atoms with Gasteiger partial charge in [0.1, 0.15) is 4.70 Å². The Labute approximate surface area is 76.5 Å². The predicted octanol–water partition coefficient (Wildman–Crippen LogP) is 1.29. The van der Waals surface area contributed by atoms with Gasteiger partial charge in [0.25, 0.3) is 5.56 Å². The number of carbonyl (C=O) groups is 1. The molecule has 0 aliphatic rings. The molecule has 0 amide bonds. The van der Waals surface area contributed by atoms with E-state index in [9.17, 15) is 9.59 Å². The van der Waals surface area contributed by atoms with Crippen molar-refractivity contribution in [2.75, 3.05) is 0 Å². The summed E-state index contributed by atoms with van der Waals surface area (Å²) in [5.41, 5.74) is -0.106. The quantitative estimate of drug-likeness (QED) is 0.720. The normalized spacial score (nSPS) is 10.5. The van der Waals surface area contributed by atoms with Crippen LogP contribution in [0.1, 0.15) is 10.4 Å². The van der Waals surface area contributed by atoms with E-state index in [4.69, 9.17) is 5.11 Å². The van der Waals surface area contributed by atoms with Crippen molar-refractivity contribution in [3.05, 3.63) is 33.6 Å². The standard InChI is InChI=1S/C8H5NO3S/c10-7-6-4(1-2-13-6)5(3-9-7)8(11)12/h1-3H,(H,9,10)(H,11,12). The SMILES string of the molecule is O=C(O)c1c[nH]c(=O)c2sccc12. The van der Waals surface area contributed by atoms with Gasteiger partial charge < -0.3 is 10.1 Å². The number of thiophene rings is 1. The van der Waals surface area contributed by atoms with E-state index < -0.39 is 5.97 Å². The summed E-state index contributed by atoms with van der Waals surface area (Å²) in [6, 6.07) is 1.64. The maximum atomic E-state index is 11.2. The van der Waals surface area contributed by atoms with E-state index in [0.717, 1.165) is 0 Å². The van der Waals surface area contributed by atoms with Crippen LogP contribution in [0.15, 0.2) is 22.4 Å². The molecule has 0 aliphatic carbocycles. The fourth-order valence-electron chi connectivity index (χ4n) is 1.16. The van der Waals surface area contributed by atoms with Gasteiger partial charge in [0, 0.05) is 11.6 Å². The lowest BCUT2D eigenvalue weighted by atomic mass is 10.2. The molecule has 0 radical (unpaired) electrons.